The Morgan fingerprint density at radius 3 is 2.55 bits per heavy atom. The van der Waals surface area contributed by atoms with Crippen molar-refractivity contribution < 1.29 is 28.2 Å². The Balaban J connectivity index is 1.20. The third kappa shape index (κ3) is 6.39. The number of likely N-dealkylation sites (tertiary alicyclic amines) is 1. The van der Waals surface area contributed by atoms with E-state index in [1.54, 1.807) is 36.5 Å². The molecule has 0 saturated carbocycles. The highest BCUT2D eigenvalue weighted by Gasteiger charge is 2.34. The number of carbonyl (C=O) groups is 2. The van der Waals surface area contributed by atoms with Crippen LogP contribution in [0.1, 0.15) is 32.8 Å². The van der Waals surface area contributed by atoms with Gasteiger partial charge in [-0.15, -0.1) is 11.3 Å². The van der Waals surface area contributed by atoms with E-state index < -0.39 is 11.4 Å². The van der Waals surface area contributed by atoms with Gasteiger partial charge in [-0.1, -0.05) is 6.07 Å². The number of benzene rings is 1. The van der Waals surface area contributed by atoms with Crippen molar-refractivity contribution in [1.29, 1.82) is 0 Å². The van der Waals surface area contributed by atoms with E-state index in [2.05, 4.69) is 9.97 Å². The van der Waals surface area contributed by atoms with E-state index in [-0.39, 0.29) is 30.0 Å². The van der Waals surface area contributed by atoms with Crippen LogP contribution in [0.5, 0.6) is 17.2 Å². The van der Waals surface area contributed by atoms with Gasteiger partial charge in [0, 0.05) is 44.1 Å². The van der Waals surface area contributed by atoms with Crippen LogP contribution in [0.2, 0.25) is 0 Å². The molecule has 5 rings (SSSR count). The summed E-state index contributed by atoms with van der Waals surface area (Å²) in [6, 6.07) is 11.9. The van der Waals surface area contributed by atoms with E-state index >= 15 is 4.39 Å². The Kier molecular flexibility index (Phi) is 7.71. The maximum Gasteiger partial charge on any atom is 0.410 e. The van der Waals surface area contributed by atoms with Gasteiger partial charge in [-0.3, -0.25) is 14.8 Å². The van der Waals surface area contributed by atoms with Crippen LogP contribution in [-0.4, -0.2) is 52.5 Å². The summed E-state index contributed by atoms with van der Waals surface area (Å²) in [7, 11) is 1.59. The van der Waals surface area contributed by atoms with Crippen molar-refractivity contribution in [3.63, 3.8) is 0 Å². The molecule has 0 N–H and O–H groups in total. The fourth-order valence-corrected chi connectivity index (χ4v) is 5.46. The molecule has 10 heteroatoms. The molecule has 1 amide bonds. The van der Waals surface area contributed by atoms with Gasteiger partial charge in [0.05, 0.1) is 34.1 Å². The zero-order valence-electron chi connectivity index (χ0n) is 22.8. The van der Waals surface area contributed by atoms with E-state index in [0.29, 0.717) is 36.6 Å². The van der Waals surface area contributed by atoms with Crippen LogP contribution in [0.25, 0.3) is 20.8 Å². The van der Waals surface area contributed by atoms with Crippen molar-refractivity contribution in [2.75, 3.05) is 20.2 Å². The molecule has 0 spiro atoms. The minimum Gasteiger partial charge on any atom is -0.495 e. The van der Waals surface area contributed by atoms with Crippen molar-refractivity contribution in [2.45, 2.75) is 39.2 Å². The number of nitrogens with zero attached hydrogens (tertiary/aromatic N) is 3. The number of Topliss-reactive ketones (excluding diaryl/α,β-unsaturated/α-hetero) is 1. The number of halogens is 1. The quantitative estimate of drug-likeness (QED) is 0.237. The van der Waals surface area contributed by atoms with Crippen LogP contribution in [0.3, 0.4) is 0 Å². The first-order valence-corrected chi connectivity index (χ1v) is 13.7. The molecule has 1 fully saturated rings. The second kappa shape index (κ2) is 11.2. The Morgan fingerprint density at radius 2 is 1.88 bits per heavy atom. The van der Waals surface area contributed by atoms with Gasteiger partial charge in [-0.2, -0.15) is 0 Å². The normalized spacial score (nSPS) is 13.7. The van der Waals surface area contributed by atoms with E-state index in [0.717, 1.165) is 20.8 Å². The third-order valence-electron chi connectivity index (χ3n) is 6.34. The fraction of sp³-hybridized carbons (Fsp3) is 0.333. The monoisotopic (exact) mass is 563 g/mol. The van der Waals surface area contributed by atoms with E-state index in [1.165, 1.54) is 23.5 Å². The number of pyridine rings is 2. The van der Waals surface area contributed by atoms with E-state index in [9.17, 15) is 9.59 Å². The number of fused-ring (bicyclic) bond motifs is 1. The molecule has 3 aromatic heterocycles. The molecule has 1 aliphatic rings. The standard InChI is InChI=1S/C30H30FN3O5S/c1-30(2,3)39-29(36)34-16-19(17-34)12-20(35)11-18-5-8-25(22(31)13-18)38-26-9-10-32-24-14-27(40-28(24)26)23-7-6-21(37-4)15-33-23/h5-10,13-15,19H,11-12,16-17H2,1-4H3. The van der Waals surface area contributed by atoms with Gasteiger partial charge in [0.1, 0.15) is 22.9 Å². The molecule has 0 bridgehead atoms. The van der Waals surface area contributed by atoms with Crippen LogP contribution in [0, 0.1) is 11.7 Å². The molecule has 1 saturated heterocycles. The first kappa shape index (κ1) is 27.5. The number of hydrogen-bond donors (Lipinski definition) is 0. The summed E-state index contributed by atoms with van der Waals surface area (Å²) in [6.45, 7) is 6.43. The van der Waals surface area contributed by atoms with Gasteiger partial charge in [0.2, 0.25) is 0 Å². The lowest BCUT2D eigenvalue weighted by molar-refractivity contribution is -0.120. The molecule has 40 heavy (non-hydrogen) atoms. The Morgan fingerprint density at radius 1 is 1.07 bits per heavy atom. The molecule has 1 aromatic carbocycles. The summed E-state index contributed by atoms with van der Waals surface area (Å²) in [4.78, 5) is 36.0. The third-order valence-corrected chi connectivity index (χ3v) is 7.50. The predicted octanol–water partition coefficient (Wildman–Crippen LogP) is 6.67. The van der Waals surface area contributed by atoms with E-state index in [4.69, 9.17) is 14.2 Å². The second-order valence-corrected chi connectivity index (χ2v) is 11.8. The van der Waals surface area contributed by atoms with Crippen LogP contribution < -0.4 is 9.47 Å². The largest absolute Gasteiger partial charge is 0.495 e. The maximum atomic E-state index is 15.0. The number of amides is 1. The van der Waals surface area contributed by atoms with Crippen LogP contribution in [-0.2, 0) is 16.0 Å². The zero-order chi connectivity index (χ0) is 28.4. The molecule has 4 heterocycles. The fourth-order valence-electron chi connectivity index (χ4n) is 4.42. The number of thiophene rings is 1. The zero-order valence-corrected chi connectivity index (χ0v) is 23.6. The Bertz CT molecular complexity index is 1540. The number of rotatable bonds is 8. The number of methoxy groups -OCH3 is 1. The molecule has 208 valence electrons. The number of ether oxygens (including phenoxy) is 3. The highest BCUT2D eigenvalue weighted by Crippen LogP contribution is 2.39. The van der Waals surface area contributed by atoms with Gasteiger partial charge in [-0.25, -0.2) is 9.18 Å². The minimum absolute atomic E-state index is 0.00370. The van der Waals surface area contributed by atoms with Crippen LogP contribution in [0.4, 0.5) is 9.18 Å². The van der Waals surface area contributed by atoms with Gasteiger partial charge in [0.25, 0.3) is 0 Å². The maximum absolute atomic E-state index is 15.0. The summed E-state index contributed by atoms with van der Waals surface area (Å²) in [6.07, 6.45) is 3.35. The molecular weight excluding hydrogens is 533 g/mol. The molecule has 4 aromatic rings. The highest BCUT2D eigenvalue weighted by molar-refractivity contribution is 7.22. The summed E-state index contributed by atoms with van der Waals surface area (Å²) in [5.74, 6) is 0.746. The SMILES string of the molecule is COc1ccc(-c2cc3nccc(Oc4ccc(CC(=O)CC5CN(C(=O)OC(C)(C)C)C5)cc4F)c3s2)nc1. The summed E-state index contributed by atoms with van der Waals surface area (Å²) in [5, 5.41) is 0. The predicted molar refractivity (Wildman–Crippen MR) is 151 cm³/mol. The average molecular weight is 564 g/mol. The molecule has 8 nitrogen and oxygen atoms in total. The molecule has 0 atom stereocenters. The van der Waals surface area contributed by atoms with Crippen LogP contribution in [0.15, 0.2) is 54.9 Å². The summed E-state index contributed by atoms with van der Waals surface area (Å²) in [5.41, 5.74) is 1.51. The molecule has 0 radical (unpaired) electrons. The van der Waals surface area contributed by atoms with Gasteiger partial charge < -0.3 is 19.1 Å². The molecule has 0 unspecified atom stereocenters. The van der Waals surface area contributed by atoms with Crippen molar-refractivity contribution in [3.8, 4) is 27.8 Å². The second-order valence-electron chi connectivity index (χ2n) is 10.8. The number of ketones is 1. The highest BCUT2D eigenvalue weighted by atomic mass is 32.1. The first-order valence-electron chi connectivity index (χ1n) is 12.9. The van der Waals surface area contributed by atoms with Gasteiger partial charge in [0.15, 0.2) is 11.6 Å². The summed E-state index contributed by atoms with van der Waals surface area (Å²) < 4.78 is 32.3. The lowest BCUT2D eigenvalue weighted by atomic mass is 9.92. The van der Waals surface area contributed by atoms with Crippen molar-refractivity contribution in [3.05, 3.63) is 66.2 Å². The Labute approximate surface area is 235 Å². The van der Waals surface area contributed by atoms with Crippen molar-refractivity contribution in [1.82, 2.24) is 14.9 Å². The lowest BCUT2D eigenvalue weighted by Gasteiger charge is -2.39. The van der Waals surface area contributed by atoms with Gasteiger partial charge in [-0.05, 0) is 56.7 Å². The number of aromatic nitrogens is 2. The summed E-state index contributed by atoms with van der Waals surface area (Å²) >= 11 is 1.45. The Hall–Kier alpha value is -4.05. The smallest absolute Gasteiger partial charge is 0.410 e. The van der Waals surface area contributed by atoms with Crippen molar-refractivity contribution >= 4 is 33.4 Å². The number of hydrogen-bond acceptors (Lipinski definition) is 8. The first-order chi connectivity index (χ1) is 19.1. The number of carbonyl (C=O) groups excluding carboxylic acids is 2. The molecule has 0 aliphatic carbocycles. The topological polar surface area (TPSA) is 90.9 Å². The van der Waals surface area contributed by atoms with Gasteiger partial charge >= 0.3 is 6.09 Å². The average Bonchev–Trinajstić information content (AvgIpc) is 3.32. The minimum atomic E-state index is -0.553. The van der Waals surface area contributed by atoms with Crippen molar-refractivity contribution in [2.24, 2.45) is 5.92 Å². The molecular formula is C30H30FN3O5S. The van der Waals surface area contributed by atoms with Crippen LogP contribution >= 0.6 is 11.3 Å². The lowest BCUT2D eigenvalue weighted by Crippen LogP contribution is -2.52. The molecule has 1 aliphatic heterocycles. The van der Waals surface area contributed by atoms with E-state index in [1.807, 2.05) is 39.0 Å².